The van der Waals surface area contributed by atoms with Crippen LogP contribution in [-0.4, -0.2) is 28.7 Å². The average molecular weight is 247 g/mol. The van der Waals surface area contributed by atoms with Gasteiger partial charge in [0.15, 0.2) is 0 Å². The van der Waals surface area contributed by atoms with Crippen LogP contribution in [0, 0.1) is 20.8 Å². The third kappa shape index (κ3) is 3.12. The van der Waals surface area contributed by atoms with Gasteiger partial charge in [0, 0.05) is 13.1 Å². The first-order chi connectivity index (χ1) is 8.37. The smallest absolute Gasteiger partial charge is 0.0746 e. The molecule has 100 valence electrons. The fourth-order valence-electron chi connectivity index (χ4n) is 3.14. The second-order valence-corrected chi connectivity index (χ2v) is 6.19. The number of hydrogen-bond acceptors (Lipinski definition) is 2. The molecule has 1 fully saturated rings. The number of hydrogen-bond donors (Lipinski definition) is 1. The Kier molecular flexibility index (Phi) is 3.79. The van der Waals surface area contributed by atoms with Crippen molar-refractivity contribution in [1.82, 2.24) is 4.90 Å². The van der Waals surface area contributed by atoms with Crippen molar-refractivity contribution in [3.05, 3.63) is 34.4 Å². The molecule has 2 heteroatoms. The molecule has 2 nitrogen and oxygen atoms in total. The van der Waals surface area contributed by atoms with E-state index in [1.165, 1.54) is 22.3 Å². The number of aryl methyl sites for hydroxylation is 3. The highest BCUT2D eigenvalue weighted by Gasteiger charge is 2.28. The van der Waals surface area contributed by atoms with Gasteiger partial charge < -0.3 is 5.11 Å². The molecular formula is C16H25NO. The van der Waals surface area contributed by atoms with Gasteiger partial charge in [-0.1, -0.05) is 17.7 Å². The molecule has 1 heterocycles. The van der Waals surface area contributed by atoms with E-state index >= 15 is 0 Å². The van der Waals surface area contributed by atoms with Crippen LogP contribution in [0.3, 0.4) is 0 Å². The maximum atomic E-state index is 10.2. The summed E-state index contributed by atoms with van der Waals surface area (Å²) in [5.74, 6) is 0. The molecule has 0 amide bonds. The van der Waals surface area contributed by atoms with E-state index in [4.69, 9.17) is 0 Å². The molecule has 1 aromatic rings. The van der Waals surface area contributed by atoms with E-state index in [1.807, 2.05) is 6.92 Å². The minimum absolute atomic E-state index is 0.509. The van der Waals surface area contributed by atoms with Crippen LogP contribution in [0.4, 0.5) is 0 Å². The monoisotopic (exact) mass is 247 g/mol. The van der Waals surface area contributed by atoms with Crippen LogP contribution in [0.5, 0.6) is 0 Å². The lowest BCUT2D eigenvalue weighted by Crippen LogP contribution is -2.45. The number of rotatable bonds is 2. The third-order valence-corrected chi connectivity index (χ3v) is 3.98. The molecular weight excluding hydrogens is 222 g/mol. The molecule has 0 saturated carbocycles. The Morgan fingerprint density at radius 1 is 1.22 bits per heavy atom. The zero-order chi connectivity index (χ0) is 13.3. The summed E-state index contributed by atoms with van der Waals surface area (Å²) in [5, 5.41) is 10.2. The Hall–Kier alpha value is -0.860. The van der Waals surface area contributed by atoms with E-state index in [9.17, 15) is 5.11 Å². The van der Waals surface area contributed by atoms with Gasteiger partial charge in [-0.15, -0.1) is 0 Å². The summed E-state index contributed by atoms with van der Waals surface area (Å²) in [6, 6.07) is 4.51. The van der Waals surface area contributed by atoms with Crippen LogP contribution >= 0.6 is 0 Å². The summed E-state index contributed by atoms with van der Waals surface area (Å²) in [6.07, 6.45) is 2.02. The largest absolute Gasteiger partial charge is 0.389 e. The van der Waals surface area contributed by atoms with Crippen molar-refractivity contribution in [3.63, 3.8) is 0 Å². The van der Waals surface area contributed by atoms with Gasteiger partial charge in [0.1, 0.15) is 0 Å². The van der Waals surface area contributed by atoms with E-state index in [0.717, 1.165) is 32.5 Å². The van der Waals surface area contributed by atoms with Crippen molar-refractivity contribution in [3.8, 4) is 0 Å². The SMILES string of the molecule is Cc1cc(C)c(CN2CCCC(C)(O)C2)c(C)c1. The van der Waals surface area contributed by atoms with Crippen molar-refractivity contribution < 1.29 is 5.11 Å². The van der Waals surface area contributed by atoms with Crippen LogP contribution < -0.4 is 0 Å². The van der Waals surface area contributed by atoms with E-state index in [1.54, 1.807) is 0 Å². The van der Waals surface area contributed by atoms with Gasteiger partial charge in [-0.2, -0.15) is 0 Å². The Labute approximate surface area is 111 Å². The van der Waals surface area contributed by atoms with Gasteiger partial charge in [0.25, 0.3) is 0 Å². The first kappa shape index (κ1) is 13.6. The summed E-state index contributed by atoms with van der Waals surface area (Å²) in [4.78, 5) is 2.38. The highest BCUT2D eigenvalue weighted by Crippen LogP contribution is 2.24. The molecule has 1 aliphatic rings. The van der Waals surface area contributed by atoms with E-state index in [2.05, 4.69) is 37.8 Å². The lowest BCUT2D eigenvalue weighted by Gasteiger charge is -2.37. The number of piperidine rings is 1. The lowest BCUT2D eigenvalue weighted by molar-refractivity contribution is -0.0182. The second kappa shape index (κ2) is 5.02. The van der Waals surface area contributed by atoms with Crippen LogP contribution in [-0.2, 0) is 6.54 Å². The maximum absolute atomic E-state index is 10.2. The average Bonchev–Trinajstić information content (AvgIpc) is 2.22. The zero-order valence-corrected chi connectivity index (χ0v) is 12.1. The van der Waals surface area contributed by atoms with Crippen LogP contribution in [0.25, 0.3) is 0 Å². The molecule has 0 spiro atoms. The van der Waals surface area contributed by atoms with Crippen molar-refractivity contribution in [1.29, 1.82) is 0 Å². The minimum atomic E-state index is -0.509. The van der Waals surface area contributed by atoms with E-state index in [-0.39, 0.29) is 0 Å². The summed E-state index contributed by atoms with van der Waals surface area (Å²) >= 11 is 0. The highest BCUT2D eigenvalue weighted by molar-refractivity contribution is 5.37. The fourth-order valence-corrected chi connectivity index (χ4v) is 3.14. The Morgan fingerprint density at radius 3 is 2.39 bits per heavy atom. The summed E-state index contributed by atoms with van der Waals surface area (Å²) in [7, 11) is 0. The van der Waals surface area contributed by atoms with Crippen LogP contribution in [0.2, 0.25) is 0 Å². The molecule has 1 N–H and O–H groups in total. The Bertz CT molecular complexity index is 414. The number of likely N-dealkylation sites (tertiary alicyclic amines) is 1. The van der Waals surface area contributed by atoms with Crippen LogP contribution in [0.15, 0.2) is 12.1 Å². The van der Waals surface area contributed by atoms with E-state index < -0.39 is 5.60 Å². The van der Waals surface area contributed by atoms with Gasteiger partial charge in [0.2, 0.25) is 0 Å². The third-order valence-electron chi connectivity index (χ3n) is 3.98. The highest BCUT2D eigenvalue weighted by atomic mass is 16.3. The molecule has 0 aromatic heterocycles. The minimum Gasteiger partial charge on any atom is -0.389 e. The Balaban J connectivity index is 2.14. The standard InChI is InChI=1S/C16H25NO/c1-12-8-13(2)15(14(3)9-12)10-17-7-5-6-16(4,18)11-17/h8-9,18H,5-7,10-11H2,1-4H3. The van der Waals surface area contributed by atoms with Gasteiger partial charge in [-0.3, -0.25) is 4.90 Å². The first-order valence-corrected chi connectivity index (χ1v) is 6.89. The lowest BCUT2D eigenvalue weighted by atomic mass is 9.93. The molecule has 1 aliphatic heterocycles. The fraction of sp³-hybridized carbons (Fsp3) is 0.625. The molecule has 0 bridgehead atoms. The Morgan fingerprint density at radius 2 is 1.83 bits per heavy atom. The normalized spacial score (nSPS) is 25.4. The van der Waals surface area contributed by atoms with Gasteiger partial charge in [-0.05, 0) is 63.8 Å². The second-order valence-electron chi connectivity index (χ2n) is 6.19. The maximum Gasteiger partial charge on any atom is 0.0746 e. The number of β-amino-alcohol motifs (C(OH)–C–C–N with tert-alkyl or cyclic N) is 1. The molecule has 1 unspecified atom stereocenters. The van der Waals surface area contributed by atoms with Crippen molar-refractivity contribution in [2.45, 2.75) is 52.7 Å². The predicted molar refractivity (Wildman–Crippen MR) is 75.8 cm³/mol. The summed E-state index contributed by atoms with van der Waals surface area (Å²) in [5.41, 5.74) is 5.00. The molecule has 1 aromatic carbocycles. The van der Waals surface area contributed by atoms with Crippen LogP contribution in [0.1, 0.15) is 42.0 Å². The summed E-state index contributed by atoms with van der Waals surface area (Å²) < 4.78 is 0. The number of benzene rings is 1. The quantitative estimate of drug-likeness (QED) is 0.868. The molecule has 0 aliphatic carbocycles. The van der Waals surface area contributed by atoms with Crippen molar-refractivity contribution in [2.75, 3.05) is 13.1 Å². The summed E-state index contributed by atoms with van der Waals surface area (Å²) in [6.45, 7) is 11.3. The predicted octanol–water partition coefficient (Wildman–Crippen LogP) is 2.96. The molecule has 2 rings (SSSR count). The van der Waals surface area contributed by atoms with Crippen molar-refractivity contribution >= 4 is 0 Å². The molecule has 0 radical (unpaired) electrons. The number of aliphatic hydroxyl groups is 1. The first-order valence-electron chi connectivity index (χ1n) is 6.89. The topological polar surface area (TPSA) is 23.5 Å². The molecule has 1 saturated heterocycles. The molecule has 18 heavy (non-hydrogen) atoms. The van der Waals surface area contributed by atoms with E-state index in [0.29, 0.717) is 0 Å². The van der Waals surface area contributed by atoms with Gasteiger partial charge in [-0.25, -0.2) is 0 Å². The van der Waals surface area contributed by atoms with Gasteiger partial charge >= 0.3 is 0 Å². The van der Waals surface area contributed by atoms with Crippen molar-refractivity contribution in [2.24, 2.45) is 0 Å². The molecule has 1 atom stereocenters. The van der Waals surface area contributed by atoms with Gasteiger partial charge in [0.05, 0.1) is 5.60 Å². The zero-order valence-electron chi connectivity index (χ0n) is 12.1. The number of nitrogens with zero attached hydrogens (tertiary/aromatic N) is 1.